The number of carbonyl (C=O) groups is 2. The maximum absolute atomic E-state index is 12.4. The molecule has 0 spiro atoms. The average molecular weight is 559 g/mol. The maximum Gasteiger partial charge on any atom is 0.271 e. The van der Waals surface area contributed by atoms with Crippen LogP contribution in [-0.4, -0.2) is 31.2 Å². The number of amides is 2. The molecule has 35 heavy (non-hydrogen) atoms. The van der Waals surface area contributed by atoms with Crippen molar-refractivity contribution in [2.75, 3.05) is 18.5 Å². The molecule has 0 atom stereocenters. The number of aryl methyl sites for hydroxylation is 2. The summed E-state index contributed by atoms with van der Waals surface area (Å²) < 4.78 is 12.2. The molecule has 0 aliphatic rings. The minimum Gasteiger partial charge on any atom is -0.490 e. The molecule has 0 heterocycles. The van der Waals surface area contributed by atoms with Crippen molar-refractivity contribution in [3.05, 3.63) is 86.3 Å². The monoisotopic (exact) mass is 557 g/mol. The van der Waals surface area contributed by atoms with Gasteiger partial charge in [-0.2, -0.15) is 5.10 Å². The summed E-state index contributed by atoms with van der Waals surface area (Å²) in [5, 5.41) is 7.07. The summed E-state index contributed by atoms with van der Waals surface area (Å²) in [6.45, 7) is 5.86. The predicted octanol–water partition coefficient (Wildman–Crippen LogP) is 5.90. The van der Waals surface area contributed by atoms with Crippen LogP contribution in [0.25, 0.3) is 0 Å². The van der Waals surface area contributed by atoms with E-state index in [2.05, 4.69) is 31.8 Å². The summed E-state index contributed by atoms with van der Waals surface area (Å²) in [6, 6.07) is 15.9. The number of nitrogens with one attached hydrogen (secondary N) is 2. The van der Waals surface area contributed by atoms with Crippen LogP contribution in [0.15, 0.2) is 64.2 Å². The SMILES string of the molecule is CCOc1cc(/C=N/NC(=O)c2ccc(Br)cc2)cc(Cl)c1OCC(=O)Nc1ccc(C)cc1C. The Balaban J connectivity index is 1.66. The Hall–Kier alpha value is -3.36. The highest BCUT2D eigenvalue weighted by Gasteiger charge is 2.15. The van der Waals surface area contributed by atoms with E-state index >= 15 is 0 Å². The van der Waals surface area contributed by atoms with Gasteiger partial charge in [0.1, 0.15) is 0 Å². The summed E-state index contributed by atoms with van der Waals surface area (Å²) in [5.74, 6) is -0.0586. The molecule has 0 aromatic heterocycles. The second kappa shape index (κ2) is 12.4. The summed E-state index contributed by atoms with van der Waals surface area (Å²) >= 11 is 9.75. The summed E-state index contributed by atoms with van der Waals surface area (Å²) in [6.07, 6.45) is 1.45. The number of hydrogen-bond acceptors (Lipinski definition) is 5. The van der Waals surface area contributed by atoms with Gasteiger partial charge in [-0.15, -0.1) is 0 Å². The van der Waals surface area contributed by atoms with E-state index in [0.29, 0.717) is 23.5 Å². The van der Waals surface area contributed by atoms with Gasteiger partial charge in [-0.1, -0.05) is 45.2 Å². The smallest absolute Gasteiger partial charge is 0.271 e. The van der Waals surface area contributed by atoms with Crippen molar-refractivity contribution < 1.29 is 19.1 Å². The Morgan fingerprint density at radius 1 is 1.06 bits per heavy atom. The van der Waals surface area contributed by atoms with E-state index in [1.165, 1.54) is 6.21 Å². The van der Waals surface area contributed by atoms with Crippen molar-refractivity contribution in [3.8, 4) is 11.5 Å². The van der Waals surface area contributed by atoms with Crippen molar-refractivity contribution >= 4 is 51.2 Å². The van der Waals surface area contributed by atoms with Gasteiger partial charge >= 0.3 is 0 Å². The normalized spacial score (nSPS) is 10.8. The van der Waals surface area contributed by atoms with Gasteiger partial charge in [0.05, 0.1) is 17.8 Å². The lowest BCUT2D eigenvalue weighted by atomic mass is 10.1. The lowest BCUT2D eigenvalue weighted by Crippen LogP contribution is -2.21. The number of rotatable bonds is 9. The van der Waals surface area contributed by atoms with Crippen LogP contribution in [-0.2, 0) is 4.79 Å². The number of hydrogen-bond donors (Lipinski definition) is 2. The number of carbonyl (C=O) groups excluding carboxylic acids is 2. The van der Waals surface area contributed by atoms with Gasteiger partial charge in [0, 0.05) is 15.7 Å². The maximum atomic E-state index is 12.4. The Morgan fingerprint density at radius 3 is 2.49 bits per heavy atom. The van der Waals surface area contributed by atoms with Gasteiger partial charge in [0.15, 0.2) is 18.1 Å². The largest absolute Gasteiger partial charge is 0.490 e. The first-order valence-electron chi connectivity index (χ1n) is 10.8. The molecule has 9 heteroatoms. The van der Waals surface area contributed by atoms with Gasteiger partial charge in [-0.3, -0.25) is 9.59 Å². The molecule has 2 N–H and O–H groups in total. The van der Waals surface area contributed by atoms with E-state index in [1.807, 2.05) is 39.0 Å². The standard InChI is InChI=1S/C26H25BrClN3O4/c1-4-34-23-13-18(14-29-31-26(33)19-6-8-20(27)9-7-19)12-21(28)25(23)35-15-24(32)30-22-10-5-16(2)11-17(22)3/h5-14H,4,15H2,1-3H3,(H,30,32)(H,31,33)/b29-14+. The van der Waals surface area contributed by atoms with Crippen LogP contribution in [0.1, 0.15) is 34.0 Å². The summed E-state index contributed by atoms with van der Waals surface area (Å²) in [5.41, 5.74) is 6.32. The van der Waals surface area contributed by atoms with Gasteiger partial charge in [-0.05, 0) is 74.4 Å². The Bertz CT molecular complexity index is 1250. The fourth-order valence-electron chi connectivity index (χ4n) is 3.17. The van der Waals surface area contributed by atoms with Crippen molar-refractivity contribution in [2.45, 2.75) is 20.8 Å². The van der Waals surface area contributed by atoms with Crippen molar-refractivity contribution in [1.82, 2.24) is 5.43 Å². The first-order chi connectivity index (χ1) is 16.8. The molecule has 0 bridgehead atoms. The quantitative estimate of drug-likeness (QED) is 0.253. The molecule has 3 aromatic carbocycles. The molecule has 0 fully saturated rings. The van der Waals surface area contributed by atoms with Crippen LogP contribution >= 0.6 is 27.5 Å². The highest BCUT2D eigenvalue weighted by molar-refractivity contribution is 9.10. The van der Waals surface area contributed by atoms with Crippen LogP contribution in [0.4, 0.5) is 5.69 Å². The molecule has 0 aliphatic carbocycles. The number of nitrogens with zero attached hydrogens (tertiary/aromatic N) is 1. The van der Waals surface area contributed by atoms with Crippen LogP contribution in [0.3, 0.4) is 0 Å². The van der Waals surface area contributed by atoms with Crippen LogP contribution in [0.5, 0.6) is 11.5 Å². The van der Waals surface area contributed by atoms with E-state index in [4.69, 9.17) is 21.1 Å². The fraction of sp³-hybridized carbons (Fsp3) is 0.192. The Morgan fingerprint density at radius 2 is 1.80 bits per heavy atom. The van der Waals surface area contributed by atoms with Crippen molar-refractivity contribution in [1.29, 1.82) is 0 Å². The van der Waals surface area contributed by atoms with E-state index < -0.39 is 0 Å². The fourth-order valence-corrected chi connectivity index (χ4v) is 3.71. The average Bonchev–Trinajstić information content (AvgIpc) is 2.81. The van der Waals surface area contributed by atoms with Crippen molar-refractivity contribution in [2.24, 2.45) is 5.10 Å². The number of hydrazone groups is 1. The molecular formula is C26H25BrClN3O4. The van der Waals surface area contributed by atoms with Gasteiger partial charge < -0.3 is 14.8 Å². The lowest BCUT2D eigenvalue weighted by Gasteiger charge is -2.15. The van der Waals surface area contributed by atoms with Crippen LogP contribution in [0.2, 0.25) is 5.02 Å². The van der Waals surface area contributed by atoms with Gasteiger partial charge in [0.25, 0.3) is 11.8 Å². The zero-order valence-electron chi connectivity index (χ0n) is 19.5. The molecule has 2 amide bonds. The van der Waals surface area contributed by atoms with Crippen LogP contribution < -0.4 is 20.2 Å². The zero-order valence-corrected chi connectivity index (χ0v) is 21.9. The zero-order chi connectivity index (χ0) is 25.4. The molecule has 0 aliphatic heterocycles. The molecule has 0 saturated carbocycles. The molecule has 3 rings (SSSR count). The third kappa shape index (κ3) is 7.56. The predicted molar refractivity (Wildman–Crippen MR) is 142 cm³/mol. The van der Waals surface area contributed by atoms with E-state index in [9.17, 15) is 9.59 Å². The van der Waals surface area contributed by atoms with E-state index in [1.54, 1.807) is 36.4 Å². The summed E-state index contributed by atoms with van der Waals surface area (Å²) in [7, 11) is 0. The minimum absolute atomic E-state index is 0.246. The first-order valence-corrected chi connectivity index (χ1v) is 12.0. The third-order valence-corrected chi connectivity index (χ3v) is 5.63. The number of benzene rings is 3. The molecule has 3 aromatic rings. The topological polar surface area (TPSA) is 89.0 Å². The van der Waals surface area contributed by atoms with E-state index in [0.717, 1.165) is 21.3 Å². The number of ether oxygens (including phenoxy) is 2. The van der Waals surface area contributed by atoms with Gasteiger partial charge in [-0.25, -0.2) is 5.43 Å². The summed E-state index contributed by atoms with van der Waals surface area (Å²) in [4.78, 5) is 24.6. The second-order valence-electron chi connectivity index (χ2n) is 7.62. The van der Waals surface area contributed by atoms with Crippen molar-refractivity contribution in [3.63, 3.8) is 0 Å². The van der Waals surface area contributed by atoms with Crippen LogP contribution in [0, 0.1) is 13.8 Å². The third-order valence-electron chi connectivity index (χ3n) is 4.82. The minimum atomic E-state index is -0.348. The number of halogens is 2. The molecule has 0 saturated heterocycles. The Kier molecular flexibility index (Phi) is 9.28. The first kappa shape index (κ1) is 26.2. The highest BCUT2D eigenvalue weighted by atomic mass is 79.9. The molecular weight excluding hydrogens is 534 g/mol. The molecule has 0 radical (unpaired) electrons. The van der Waals surface area contributed by atoms with E-state index in [-0.39, 0.29) is 29.2 Å². The molecule has 182 valence electrons. The molecule has 7 nitrogen and oxygen atoms in total. The van der Waals surface area contributed by atoms with Gasteiger partial charge in [0.2, 0.25) is 0 Å². The number of anilines is 1. The highest BCUT2D eigenvalue weighted by Crippen LogP contribution is 2.36. The lowest BCUT2D eigenvalue weighted by molar-refractivity contribution is -0.118. The second-order valence-corrected chi connectivity index (χ2v) is 8.95. The Labute approximate surface area is 217 Å². The molecule has 0 unspecified atom stereocenters.